The van der Waals surface area contributed by atoms with Crippen molar-refractivity contribution < 1.29 is 24.1 Å². The van der Waals surface area contributed by atoms with Crippen LogP contribution in [0.25, 0.3) is 11.1 Å². The maximum Gasteiger partial charge on any atom is 0.211 e. The van der Waals surface area contributed by atoms with Gasteiger partial charge in [0.15, 0.2) is 6.23 Å². The number of nitrogens with zero attached hydrogens (tertiary/aromatic N) is 3. The second kappa shape index (κ2) is 8.90. The van der Waals surface area contributed by atoms with E-state index in [0.29, 0.717) is 30.1 Å². The molecule has 0 saturated carbocycles. The third-order valence-corrected chi connectivity index (χ3v) is 6.05. The molecule has 176 valence electrons. The summed E-state index contributed by atoms with van der Waals surface area (Å²) >= 11 is 0. The average molecular weight is 465 g/mol. The molecule has 1 aromatic heterocycles. The number of aliphatic hydroxyl groups is 2. The molecule has 1 fully saturated rings. The van der Waals surface area contributed by atoms with Gasteiger partial charge in [0.05, 0.1) is 18.3 Å². The summed E-state index contributed by atoms with van der Waals surface area (Å²) in [4.78, 5) is 15.3. The highest BCUT2D eigenvalue weighted by atomic mass is 19.1. The Balaban J connectivity index is 1.51. The summed E-state index contributed by atoms with van der Waals surface area (Å²) in [6.45, 7) is 2.13. The van der Waals surface area contributed by atoms with Crippen LogP contribution in [0, 0.1) is 5.82 Å². The topological polar surface area (TPSA) is 111 Å². The van der Waals surface area contributed by atoms with Gasteiger partial charge < -0.3 is 24.8 Å². The fourth-order valence-corrected chi connectivity index (χ4v) is 4.26. The Hall–Kier alpha value is -3.73. The first-order valence-corrected chi connectivity index (χ1v) is 10.8. The largest absolute Gasteiger partial charge is 0.388 e. The Morgan fingerprint density at radius 1 is 1.09 bits per heavy atom. The minimum absolute atomic E-state index is 0.321. The Morgan fingerprint density at radius 3 is 2.44 bits per heavy atom. The van der Waals surface area contributed by atoms with Crippen molar-refractivity contribution in [3.8, 4) is 11.1 Å². The van der Waals surface area contributed by atoms with Crippen LogP contribution in [-0.2, 0) is 16.1 Å². The molecule has 3 heterocycles. The van der Waals surface area contributed by atoms with E-state index >= 15 is 0 Å². The fraction of sp³-hybridized carbons (Fsp3) is 0.250. The highest BCUT2D eigenvalue weighted by molar-refractivity contribution is 5.79. The number of ether oxygens (including phenoxy) is 1. The van der Waals surface area contributed by atoms with Crippen LogP contribution in [0.4, 0.5) is 21.6 Å². The van der Waals surface area contributed by atoms with E-state index in [-0.39, 0.29) is 5.82 Å². The number of aromatic nitrogens is 1. The van der Waals surface area contributed by atoms with Gasteiger partial charge in [0.1, 0.15) is 30.2 Å². The van der Waals surface area contributed by atoms with Crippen molar-refractivity contribution in [3.05, 3.63) is 66.1 Å². The monoisotopic (exact) mass is 465 g/mol. The van der Waals surface area contributed by atoms with Gasteiger partial charge in [0, 0.05) is 23.0 Å². The molecule has 2 aliphatic heterocycles. The predicted octanol–water partition coefficient (Wildman–Crippen LogP) is 3.00. The molecule has 1 saturated heterocycles. The lowest BCUT2D eigenvalue weighted by Gasteiger charge is -2.26. The number of nitrogens with one attached hydrogen (secondary N) is 2. The van der Waals surface area contributed by atoms with E-state index in [1.54, 1.807) is 47.1 Å². The van der Waals surface area contributed by atoms with E-state index in [1.807, 2.05) is 18.3 Å². The van der Waals surface area contributed by atoms with Gasteiger partial charge >= 0.3 is 0 Å². The maximum absolute atomic E-state index is 13.3. The molecule has 9 nitrogen and oxygen atoms in total. The number of aliphatic imine (C=N–C) groups is 1. The highest BCUT2D eigenvalue weighted by Crippen LogP contribution is 2.41. The van der Waals surface area contributed by atoms with Gasteiger partial charge in [-0.3, -0.25) is 15.2 Å². The molecule has 10 heteroatoms. The quantitative estimate of drug-likeness (QED) is 0.417. The van der Waals surface area contributed by atoms with E-state index < -0.39 is 24.5 Å². The number of halogens is 1. The fourth-order valence-electron chi connectivity index (χ4n) is 4.26. The van der Waals surface area contributed by atoms with Crippen LogP contribution < -0.4 is 10.7 Å². The van der Waals surface area contributed by atoms with Crippen molar-refractivity contribution in [2.45, 2.75) is 38.0 Å². The molecule has 3 aromatic rings. The summed E-state index contributed by atoms with van der Waals surface area (Å²) in [5, 5.41) is 25.2. The predicted molar refractivity (Wildman–Crippen MR) is 125 cm³/mol. The van der Waals surface area contributed by atoms with Crippen LogP contribution >= 0.6 is 0 Å². The second-order valence-corrected chi connectivity index (χ2v) is 8.30. The molecule has 2 aromatic carbocycles. The first kappa shape index (κ1) is 22.1. The number of anilines is 2. The summed E-state index contributed by atoms with van der Waals surface area (Å²) < 4.78 is 20.9. The number of benzene rings is 2. The number of hydrogen-bond acceptors (Lipinski definition) is 7. The summed E-state index contributed by atoms with van der Waals surface area (Å²) in [6.07, 6.45) is 0.644. The van der Waals surface area contributed by atoms with Crippen molar-refractivity contribution in [3.63, 3.8) is 0 Å². The number of rotatable bonds is 6. The van der Waals surface area contributed by atoms with Gasteiger partial charge in [-0.2, -0.15) is 0 Å². The van der Waals surface area contributed by atoms with Crippen molar-refractivity contribution in [1.82, 2.24) is 9.58 Å². The zero-order valence-corrected chi connectivity index (χ0v) is 18.3. The molecule has 4 atom stereocenters. The Morgan fingerprint density at radius 2 is 1.79 bits per heavy atom. The molecule has 4 N–H and O–H groups in total. The summed E-state index contributed by atoms with van der Waals surface area (Å²) in [7, 11) is 0. The molecule has 34 heavy (non-hydrogen) atoms. The Labute approximate surface area is 195 Å². The van der Waals surface area contributed by atoms with Crippen LogP contribution in [0.15, 0.2) is 59.7 Å². The van der Waals surface area contributed by atoms with Gasteiger partial charge in [-0.15, -0.1) is 0 Å². The molecule has 5 rings (SSSR count). The number of hydrogen-bond donors (Lipinski definition) is 4. The van der Waals surface area contributed by atoms with Gasteiger partial charge in [0.2, 0.25) is 6.41 Å². The van der Waals surface area contributed by atoms with Crippen LogP contribution in [-0.4, -0.2) is 50.8 Å². The number of amides is 1. The lowest BCUT2D eigenvalue weighted by molar-refractivity contribution is -0.105. The van der Waals surface area contributed by atoms with Crippen LogP contribution in [0.3, 0.4) is 0 Å². The van der Waals surface area contributed by atoms with E-state index in [1.165, 1.54) is 12.1 Å². The molecule has 2 aliphatic rings. The minimum atomic E-state index is -1.11. The Bertz CT molecular complexity index is 1210. The van der Waals surface area contributed by atoms with E-state index in [0.717, 1.165) is 16.7 Å². The first-order chi connectivity index (χ1) is 16.4. The summed E-state index contributed by atoms with van der Waals surface area (Å²) in [5.41, 5.74) is 7.17. The average Bonchev–Trinajstić information content (AvgIpc) is 3.33. The van der Waals surface area contributed by atoms with Crippen molar-refractivity contribution >= 4 is 29.9 Å². The molecule has 1 amide bonds. The Kier molecular flexibility index (Phi) is 5.78. The lowest BCUT2D eigenvalue weighted by Crippen LogP contribution is -2.31. The smallest absolute Gasteiger partial charge is 0.211 e. The van der Waals surface area contributed by atoms with Gasteiger partial charge in [-0.1, -0.05) is 12.1 Å². The lowest BCUT2D eigenvalue weighted by atomic mass is 10.0. The molecule has 0 spiro atoms. The summed E-state index contributed by atoms with van der Waals surface area (Å²) in [5.74, 6) is 0.283. The highest BCUT2D eigenvalue weighted by Gasteiger charge is 2.42. The molecular weight excluding hydrogens is 441 g/mol. The normalized spacial score (nSPS) is 23.6. The molecule has 0 radical (unpaired) electrons. The zero-order valence-electron chi connectivity index (χ0n) is 18.3. The van der Waals surface area contributed by atoms with Gasteiger partial charge in [-0.05, 0) is 48.9 Å². The van der Waals surface area contributed by atoms with Crippen molar-refractivity contribution in [2.75, 3.05) is 10.7 Å². The number of fused-ring (bicyclic) bond motifs is 1. The minimum Gasteiger partial charge on any atom is -0.388 e. The molecule has 0 unspecified atom stereocenters. The van der Waals surface area contributed by atoms with Crippen LogP contribution in [0.1, 0.15) is 18.7 Å². The molecule has 0 bridgehead atoms. The number of carbonyl (C=O) groups excluding carboxylic acids is 1. The zero-order chi connectivity index (χ0) is 23.8. The number of aliphatic hydroxyl groups excluding tert-OH is 2. The SMILES string of the molecule is C[C@H]1O[C@@H](n2cc(-c3ccc(NC=O)cc3)c3c2N=CN(Nc2ccc(F)cc2)C3)[C@H](O)[C@@H]1O. The standard InChI is InChI=1S/C24H24FN5O4/c1-14-21(32)22(33)24(34-14)30-11-19(15-2-6-17(7-3-15)27-13-31)20-10-29(12-26-23(20)30)28-18-8-4-16(25)5-9-18/h2-9,11-14,21-22,24,28,32-33H,10H2,1H3,(H,27,31)/t14-,21-,22-,24-/m1/s1. The third-order valence-electron chi connectivity index (χ3n) is 6.05. The van der Waals surface area contributed by atoms with E-state index in [9.17, 15) is 19.4 Å². The maximum atomic E-state index is 13.3. The van der Waals surface area contributed by atoms with Crippen LogP contribution in [0.2, 0.25) is 0 Å². The molecular formula is C24H24FN5O4. The van der Waals surface area contributed by atoms with Gasteiger partial charge in [0.25, 0.3) is 0 Å². The van der Waals surface area contributed by atoms with Crippen molar-refractivity contribution in [2.24, 2.45) is 4.99 Å². The van der Waals surface area contributed by atoms with Gasteiger partial charge in [-0.25, -0.2) is 9.38 Å². The van der Waals surface area contributed by atoms with E-state index in [4.69, 9.17) is 4.74 Å². The van der Waals surface area contributed by atoms with E-state index in [2.05, 4.69) is 15.7 Å². The third kappa shape index (κ3) is 4.03. The summed E-state index contributed by atoms with van der Waals surface area (Å²) in [6, 6.07) is 13.4. The molecule has 0 aliphatic carbocycles. The first-order valence-electron chi connectivity index (χ1n) is 10.8. The van der Waals surface area contributed by atoms with Crippen molar-refractivity contribution in [1.29, 1.82) is 0 Å². The second-order valence-electron chi connectivity index (χ2n) is 8.30. The number of carbonyl (C=O) groups is 1. The number of hydrazine groups is 1. The van der Waals surface area contributed by atoms with Crippen LogP contribution in [0.5, 0.6) is 0 Å².